The molecule has 0 aliphatic carbocycles. The molecule has 0 bridgehead atoms. The van der Waals surface area contributed by atoms with E-state index < -0.39 is 0 Å². The van der Waals surface area contributed by atoms with Crippen LogP contribution in [0.15, 0.2) is 30.5 Å². The van der Waals surface area contributed by atoms with Crippen LogP contribution in [0.25, 0.3) is 10.2 Å². The van der Waals surface area contributed by atoms with E-state index in [4.69, 9.17) is 11.6 Å². The van der Waals surface area contributed by atoms with Gasteiger partial charge in [-0.1, -0.05) is 29.0 Å². The van der Waals surface area contributed by atoms with Crippen LogP contribution in [-0.4, -0.2) is 14.8 Å². The van der Waals surface area contributed by atoms with Gasteiger partial charge >= 0.3 is 0 Å². The summed E-state index contributed by atoms with van der Waals surface area (Å²) in [5.41, 5.74) is 0.904. The number of nitrogens with one attached hydrogen (secondary N) is 1. The first-order chi connectivity index (χ1) is 8.22. The minimum Gasteiger partial charge on any atom is -0.315 e. The van der Waals surface area contributed by atoms with Crippen molar-refractivity contribution >= 4 is 44.1 Å². The van der Waals surface area contributed by atoms with Gasteiger partial charge in [-0.15, -0.1) is 0 Å². The summed E-state index contributed by atoms with van der Waals surface area (Å²) in [6.07, 6.45) is 1.88. The maximum absolute atomic E-state index is 6.10. The van der Waals surface area contributed by atoms with Crippen LogP contribution >= 0.6 is 22.9 Å². The van der Waals surface area contributed by atoms with Crippen molar-refractivity contribution in [3.8, 4) is 0 Å². The van der Waals surface area contributed by atoms with Crippen molar-refractivity contribution in [2.24, 2.45) is 7.05 Å². The number of fused-ring (bicyclic) bond motifs is 1. The second kappa shape index (κ2) is 4.01. The zero-order chi connectivity index (χ0) is 11.8. The molecule has 0 unspecified atom stereocenters. The van der Waals surface area contributed by atoms with Gasteiger partial charge in [0.15, 0.2) is 10.9 Å². The van der Waals surface area contributed by atoms with Gasteiger partial charge in [0.2, 0.25) is 0 Å². The first-order valence-electron chi connectivity index (χ1n) is 5.04. The van der Waals surface area contributed by atoms with Crippen LogP contribution in [0.2, 0.25) is 5.02 Å². The highest BCUT2D eigenvalue weighted by Crippen LogP contribution is 2.32. The lowest BCUT2D eigenvalue weighted by Crippen LogP contribution is -1.92. The molecule has 0 fully saturated rings. The molecule has 0 radical (unpaired) electrons. The molecule has 0 spiro atoms. The Labute approximate surface area is 107 Å². The monoisotopic (exact) mass is 264 g/mol. The summed E-state index contributed by atoms with van der Waals surface area (Å²) in [4.78, 5) is 4.45. The summed E-state index contributed by atoms with van der Waals surface area (Å²) < 4.78 is 2.73. The molecule has 2 heterocycles. The lowest BCUT2D eigenvalue weighted by atomic mass is 10.3. The van der Waals surface area contributed by atoms with Gasteiger partial charge < -0.3 is 5.32 Å². The molecule has 17 heavy (non-hydrogen) atoms. The van der Waals surface area contributed by atoms with Crippen molar-refractivity contribution < 1.29 is 0 Å². The van der Waals surface area contributed by atoms with Crippen LogP contribution in [0.1, 0.15) is 0 Å². The van der Waals surface area contributed by atoms with Crippen molar-refractivity contribution in [3.05, 3.63) is 35.5 Å². The lowest BCUT2D eigenvalue weighted by molar-refractivity contribution is 0.771. The average Bonchev–Trinajstić information content (AvgIpc) is 2.86. The van der Waals surface area contributed by atoms with Gasteiger partial charge in [0.25, 0.3) is 0 Å². The Kier molecular flexibility index (Phi) is 2.49. The van der Waals surface area contributed by atoms with Gasteiger partial charge in [-0.25, -0.2) is 4.98 Å². The predicted octanol–water partition coefficient (Wildman–Crippen LogP) is 3.43. The highest BCUT2D eigenvalue weighted by atomic mass is 35.5. The van der Waals surface area contributed by atoms with Gasteiger partial charge in [0, 0.05) is 19.3 Å². The van der Waals surface area contributed by atoms with Crippen LogP contribution < -0.4 is 5.32 Å². The third-order valence-corrected chi connectivity index (χ3v) is 3.76. The second-order valence-corrected chi connectivity index (χ2v) is 5.01. The van der Waals surface area contributed by atoms with E-state index in [1.165, 1.54) is 11.3 Å². The quantitative estimate of drug-likeness (QED) is 0.771. The van der Waals surface area contributed by atoms with E-state index in [0.29, 0.717) is 0 Å². The third kappa shape index (κ3) is 1.99. The molecule has 6 heteroatoms. The van der Waals surface area contributed by atoms with Crippen molar-refractivity contribution in [2.75, 3.05) is 5.32 Å². The van der Waals surface area contributed by atoms with Gasteiger partial charge in [0.05, 0.1) is 15.2 Å². The lowest BCUT2D eigenvalue weighted by Gasteiger charge is -1.94. The average molecular weight is 265 g/mol. The molecule has 0 saturated heterocycles. The summed E-state index contributed by atoms with van der Waals surface area (Å²) in [6, 6.07) is 7.61. The van der Waals surface area contributed by atoms with E-state index >= 15 is 0 Å². The maximum atomic E-state index is 6.10. The third-order valence-electron chi connectivity index (χ3n) is 2.32. The molecular formula is C11H9ClN4S. The fraction of sp³-hybridized carbons (Fsp3) is 0.0909. The molecule has 0 amide bonds. The minimum absolute atomic E-state index is 0.731. The molecular weight excluding hydrogens is 256 g/mol. The van der Waals surface area contributed by atoms with Crippen LogP contribution in [0.3, 0.4) is 0 Å². The molecule has 86 valence electrons. The Hall–Kier alpha value is -1.59. The summed E-state index contributed by atoms with van der Waals surface area (Å²) >= 11 is 7.62. The Morgan fingerprint density at radius 1 is 1.35 bits per heavy atom. The van der Waals surface area contributed by atoms with Gasteiger partial charge in [-0.3, -0.25) is 4.68 Å². The van der Waals surface area contributed by atoms with E-state index in [-0.39, 0.29) is 0 Å². The number of rotatable bonds is 2. The van der Waals surface area contributed by atoms with Crippen LogP contribution in [0.5, 0.6) is 0 Å². The maximum Gasteiger partial charge on any atom is 0.189 e. The van der Waals surface area contributed by atoms with Crippen molar-refractivity contribution in [2.45, 2.75) is 0 Å². The number of anilines is 2. The molecule has 0 aliphatic heterocycles. The highest BCUT2D eigenvalue weighted by molar-refractivity contribution is 7.22. The molecule has 2 aromatic heterocycles. The van der Waals surface area contributed by atoms with E-state index in [1.807, 2.05) is 37.5 Å². The number of aromatic nitrogens is 3. The van der Waals surface area contributed by atoms with Crippen LogP contribution in [0.4, 0.5) is 10.9 Å². The fourth-order valence-corrected chi connectivity index (χ4v) is 2.72. The molecule has 3 aromatic rings. The normalized spacial score (nSPS) is 10.9. The second-order valence-electron chi connectivity index (χ2n) is 3.61. The van der Waals surface area contributed by atoms with Crippen molar-refractivity contribution in [3.63, 3.8) is 0 Å². The number of hydrogen-bond donors (Lipinski definition) is 1. The number of benzene rings is 1. The van der Waals surface area contributed by atoms with E-state index in [1.54, 1.807) is 4.68 Å². The van der Waals surface area contributed by atoms with Crippen LogP contribution in [-0.2, 0) is 7.05 Å². The minimum atomic E-state index is 0.731. The first-order valence-corrected chi connectivity index (χ1v) is 6.23. The SMILES string of the molecule is Cn1ccc(Nc2nc3cccc(Cl)c3s2)n1. The van der Waals surface area contributed by atoms with Crippen LogP contribution in [0, 0.1) is 0 Å². The molecule has 1 aromatic carbocycles. The molecule has 0 atom stereocenters. The topological polar surface area (TPSA) is 42.7 Å². The van der Waals surface area contributed by atoms with E-state index in [0.717, 1.165) is 26.2 Å². The predicted molar refractivity (Wildman–Crippen MR) is 71.1 cm³/mol. The van der Waals surface area contributed by atoms with Gasteiger partial charge in [-0.2, -0.15) is 5.10 Å². The summed E-state index contributed by atoms with van der Waals surface area (Å²) in [5, 5.41) is 8.92. The van der Waals surface area contributed by atoms with Gasteiger partial charge in [-0.05, 0) is 12.1 Å². The Balaban J connectivity index is 1.98. The summed E-state index contributed by atoms with van der Waals surface area (Å²) in [6.45, 7) is 0. The Morgan fingerprint density at radius 2 is 2.24 bits per heavy atom. The molecule has 3 rings (SSSR count). The van der Waals surface area contributed by atoms with E-state index in [9.17, 15) is 0 Å². The van der Waals surface area contributed by atoms with Gasteiger partial charge in [0.1, 0.15) is 0 Å². The van der Waals surface area contributed by atoms with Crippen molar-refractivity contribution in [1.29, 1.82) is 0 Å². The molecule has 0 aliphatic rings. The zero-order valence-electron chi connectivity index (χ0n) is 9.01. The fourth-order valence-electron chi connectivity index (χ4n) is 1.56. The number of aryl methyl sites for hydroxylation is 1. The number of hydrogen-bond acceptors (Lipinski definition) is 4. The number of nitrogens with zero attached hydrogens (tertiary/aromatic N) is 3. The number of halogens is 1. The smallest absolute Gasteiger partial charge is 0.189 e. The Morgan fingerprint density at radius 3 is 2.94 bits per heavy atom. The molecule has 1 N–H and O–H groups in total. The number of thiazole rings is 1. The highest BCUT2D eigenvalue weighted by Gasteiger charge is 2.07. The molecule has 0 saturated carbocycles. The first kappa shape index (κ1) is 10.6. The summed E-state index contributed by atoms with van der Waals surface area (Å²) in [7, 11) is 1.88. The van der Waals surface area contributed by atoms with E-state index in [2.05, 4.69) is 15.4 Å². The zero-order valence-corrected chi connectivity index (χ0v) is 10.6. The standard InChI is InChI=1S/C11H9ClN4S/c1-16-6-5-9(15-16)14-11-13-8-4-2-3-7(12)10(8)17-11/h2-6H,1H3,(H,13,14,15). The largest absolute Gasteiger partial charge is 0.315 e. The Bertz CT molecular complexity index is 673. The summed E-state index contributed by atoms with van der Waals surface area (Å²) in [5.74, 6) is 0.780. The molecule has 4 nitrogen and oxygen atoms in total. The van der Waals surface area contributed by atoms with Crippen molar-refractivity contribution in [1.82, 2.24) is 14.8 Å².